The molecular formula is C13H23ClN2O. The maximum absolute atomic E-state index is 10.5. The number of aliphatic hydroxyl groups is 1. The van der Waals surface area contributed by atoms with Crippen molar-refractivity contribution < 1.29 is 5.11 Å². The van der Waals surface area contributed by atoms with Gasteiger partial charge in [-0.1, -0.05) is 52.1 Å². The molecule has 0 fully saturated rings. The van der Waals surface area contributed by atoms with Crippen LogP contribution in [0.5, 0.6) is 0 Å². The molecule has 0 aliphatic heterocycles. The van der Waals surface area contributed by atoms with Gasteiger partial charge in [0.2, 0.25) is 0 Å². The minimum absolute atomic E-state index is 0.245. The van der Waals surface area contributed by atoms with E-state index in [9.17, 15) is 5.11 Å². The number of halogens is 1. The van der Waals surface area contributed by atoms with Crippen LogP contribution in [0.15, 0.2) is 0 Å². The molecule has 17 heavy (non-hydrogen) atoms. The Morgan fingerprint density at radius 2 is 1.82 bits per heavy atom. The molecule has 0 saturated heterocycles. The molecule has 1 rings (SSSR count). The van der Waals surface area contributed by atoms with Gasteiger partial charge >= 0.3 is 0 Å². The summed E-state index contributed by atoms with van der Waals surface area (Å²) in [4.78, 5) is 0. The van der Waals surface area contributed by atoms with Crippen LogP contribution < -0.4 is 0 Å². The lowest BCUT2D eigenvalue weighted by Crippen LogP contribution is -2.13. The van der Waals surface area contributed by atoms with Crippen molar-refractivity contribution >= 4 is 11.6 Å². The number of aromatic nitrogens is 2. The largest absolute Gasteiger partial charge is 0.388 e. The molecule has 0 radical (unpaired) electrons. The molecule has 0 aliphatic rings. The molecule has 0 amide bonds. The predicted octanol–water partition coefficient (Wildman–Crippen LogP) is 3.67. The number of hydrogen-bond donors (Lipinski definition) is 1. The highest BCUT2D eigenvalue weighted by molar-refractivity contribution is 6.30. The van der Waals surface area contributed by atoms with Crippen LogP contribution >= 0.6 is 11.6 Å². The fourth-order valence-corrected chi connectivity index (χ4v) is 2.46. The number of aryl methyl sites for hydroxylation is 1. The van der Waals surface area contributed by atoms with Crippen molar-refractivity contribution in [3.63, 3.8) is 0 Å². The SMILES string of the molecule is CCC(CC)C(O)c1c(C(C)C)nn(C)c1Cl. The lowest BCUT2D eigenvalue weighted by atomic mass is 9.89. The van der Waals surface area contributed by atoms with E-state index in [0.29, 0.717) is 5.15 Å². The first-order valence-electron chi connectivity index (χ1n) is 6.34. The van der Waals surface area contributed by atoms with E-state index < -0.39 is 6.10 Å². The van der Waals surface area contributed by atoms with Gasteiger partial charge in [-0.15, -0.1) is 0 Å². The molecule has 0 aromatic carbocycles. The number of hydrogen-bond acceptors (Lipinski definition) is 2. The summed E-state index contributed by atoms with van der Waals surface area (Å²) in [6, 6.07) is 0. The highest BCUT2D eigenvalue weighted by Crippen LogP contribution is 2.36. The average Bonchev–Trinajstić information content (AvgIpc) is 2.57. The summed E-state index contributed by atoms with van der Waals surface area (Å²) in [6.45, 7) is 8.33. The molecule has 0 spiro atoms. The molecule has 1 N–H and O–H groups in total. The second-order valence-corrected chi connectivity index (χ2v) is 5.25. The van der Waals surface area contributed by atoms with E-state index in [2.05, 4.69) is 32.8 Å². The Balaban J connectivity index is 3.19. The molecule has 1 unspecified atom stereocenters. The van der Waals surface area contributed by atoms with Crippen LogP contribution in [0.1, 0.15) is 63.8 Å². The third-order valence-corrected chi connectivity index (χ3v) is 3.83. The summed E-state index contributed by atoms with van der Waals surface area (Å²) in [5.41, 5.74) is 1.73. The molecule has 0 aliphatic carbocycles. The molecule has 0 saturated carbocycles. The predicted molar refractivity (Wildman–Crippen MR) is 71.3 cm³/mol. The summed E-state index contributed by atoms with van der Waals surface area (Å²) >= 11 is 6.25. The van der Waals surface area contributed by atoms with Gasteiger partial charge in [0.05, 0.1) is 11.8 Å². The van der Waals surface area contributed by atoms with Crippen LogP contribution in [0.25, 0.3) is 0 Å². The van der Waals surface area contributed by atoms with E-state index >= 15 is 0 Å². The third kappa shape index (κ3) is 2.83. The second kappa shape index (κ2) is 5.87. The molecule has 1 aromatic rings. The van der Waals surface area contributed by atoms with E-state index in [1.165, 1.54) is 0 Å². The number of nitrogens with zero attached hydrogens (tertiary/aromatic N) is 2. The highest BCUT2D eigenvalue weighted by atomic mass is 35.5. The second-order valence-electron chi connectivity index (χ2n) is 4.89. The lowest BCUT2D eigenvalue weighted by molar-refractivity contribution is 0.102. The van der Waals surface area contributed by atoms with Crippen LogP contribution in [0.2, 0.25) is 5.15 Å². The molecule has 1 aromatic heterocycles. The monoisotopic (exact) mass is 258 g/mol. The van der Waals surface area contributed by atoms with Crippen molar-refractivity contribution in [3.05, 3.63) is 16.4 Å². The Morgan fingerprint density at radius 3 is 2.24 bits per heavy atom. The molecule has 98 valence electrons. The molecule has 3 nitrogen and oxygen atoms in total. The quantitative estimate of drug-likeness (QED) is 0.875. The Labute approximate surface area is 109 Å². The van der Waals surface area contributed by atoms with Gasteiger partial charge < -0.3 is 5.11 Å². The topological polar surface area (TPSA) is 38.1 Å². The molecule has 1 atom stereocenters. The van der Waals surface area contributed by atoms with Crippen LogP contribution in [-0.4, -0.2) is 14.9 Å². The van der Waals surface area contributed by atoms with E-state index in [0.717, 1.165) is 24.1 Å². The van der Waals surface area contributed by atoms with Gasteiger partial charge in [0.1, 0.15) is 5.15 Å². The van der Waals surface area contributed by atoms with E-state index in [-0.39, 0.29) is 11.8 Å². The van der Waals surface area contributed by atoms with Crippen LogP contribution in [0.4, 0.5) is 0 Å². The standard InChI is InChI=1S/C13H23ClN2O/c1-6-9(7-2)12(17)10-11(8(3)4)15-16(5)13(10)14/h8-9,12,17H,6-7H2,1-5H3. The zero-order valence-electron chi connectivity index (χ0n) is 11.4. The van der Waals surface area contributed by atoms with Gasteiger partial charge in [-0.05, 0) is 11.8 Å². The fourth-order valence-electron chi connectivity index (χ4n) is 2.21. The molecule has 1 heterocycles. The number of rotatable bonds is 5. The lowest BCUT2D eigenvalue weighted by Gasteiger charge is -2.21. The Hall–Kier alpha value is -0.540. The first-order chi connectivity index (χ1) is 7.93. The van der Waals surface area contributed by atoms with Crippen molar-refractivity contribution in [2.45, 2.75) is 52.6 Å². The van der Waals surface area contributed by atoms with E-state index in [1.54, 1.807) is 4.68 Å². The maximum Gasteiger partial charge on any atom is 0.132 e. The first kappa shape index (κ1) is 14.5. The molecular weight excluding hydrogens is 236 g/mol. The maximum atomic E-state index is 10.5. The summed E-state index contributed by atoms with van der Waals surface area (Å²) in [5, 5.41) is 15.4. The van der Waals surface area contributed by atoms with Crippen LogP contribution in [-0.2, 0) is 7.05 Å². The smallest absolute Gasteiger partial charge is 0.132 e. The number of aliphatic hydroxyl groups excluding tert-OH is 1. The average molecular weight is 259 g/mol. The van der Waals surface area contributed by atoms with Crippen molar-refractivity contribution in [1.82, 2.24) is 9.78 Å². The summed E-state index contributed by atoms with van der Waals surface area (Å²) in [6.07, 6.45) is 1.38. The Kier molecular flexibility index (Phi) is 5.02. The van der Waals surface area contributed by atoms with Crippen molar-refractivity contribution in [3.8, 4) is 0 Å². The fraction of sp³-hybridized carbons (Fsp3) is 0.769. The van der Waals surface area contributed by atoms with Crippen LogP contribution in [0, 0.1) is 5.92 Å². The van der Waals surface area contributed by atoms with Crippen LogP contribution in [0.3, 0.4) is 0 Å². The normalized spacial score (nSPS) is 13.7. The van der Waals surface area contributed by atoms with Gasteiger partial charge in [-0.2, -0.15) is 5.10 Å². The minimum atomic E-state index is -0.511. The third-order valence-electron chi connectivity index (χ3n) is 3.38. The Morgan fingerprint density at radius 1 is 1.29 bits per heavy atom. The summed E-state index contributed by atoms with van der Waals surface area (Å²) in [5.74, 6) is 0.516. The Bertz CT molecular complexity index is 370. The van der Waals surface area contributed by atoms with Gasteiger partial charge in [-0.25, -0.2) is 0 Å². The van der Waals surface area contributed by atoms with Crippen molar-refractivity contribution in [2.75, 3.05) is 0 Å². The van der Waals surface area contributed by atoms with Gasteiger partial charge in [0.15, 0.2) is 0 Å². The van der Waals surface area contributed by atoms with Crippen molar-refractivity contribution in [2.24, 2.45) is 13.0 Å². The molecule has 4 heteroatoms. The van der Waals surface area contributed by atoms with Crippen molar-refractivity contribution in [1.29, 1.82) is 0 Å². The van der Waals surface area contributed by atoms with E-state index in [4.69, 9.17) is 11.6 Å². The summed E-state index contributed by atoms with van der Waals surface area (Å²) in [7, 11) is 1.82. The summed E-state index contributed by atoms with van der Waals surface area (Å²) < 4.78 is 1.65. The zero-order valence-corrected chi connectivity index (χ0v) is 12.1. The molecule has 0 bridgehead atoms. The van der Waals surface area contributed by atoms with Gasteiger partial charge in [0, 0.05) is 12.6 Å². The van der Waals surface area contributed by atoms with Gasteiger partial charge in [0.25, 0.3) is 0 Å². The first-order valence-corrected chi connectivity index (χ1v) is 6.72. The zero-order chi connectivity index (χ0) is 13.2. The van der Waals surface area contributed by atoms with E-state index in [1.807, 2.05) is 7.05 Å². The van der Waals surface area contributed by atoms with Gasteiger partial charge in [-0.3, -0.25) is 4.68 Å². The minimum Gasteiger partial charge on any atom is -0.388 e. The highest BCUT2D eigenvalue weighted by Gasteiger charge is 2.27.